The van der Waals surface area contributed by atoms with Crippen molar-refractivity contribution in [3.63, 3.8) is 0 Å². The summed E-state index contributed by atoms with van der Waals surface area (Å²) in [5.74, 6) is 0. The Labute approximate surface area is 49.7 Å². The van der Waals surface area contributed by atoms with E-state index in [-0.39, 0.29) is 5.25 Å². The molecule has 0 heterocycles. The van der Waals surface area contributed by atoms with Gasteiger partial charge in [0.05, 0.1) is 6.07 Å². The van der Waals surface area contributed by atoms with Gasteiger partial charge in [0.1, 0.15) is 5.25 Å². The van der Waals surface area contributed by atoms with Crippen molar-refractivity contribution in [1.82, 2.24) is 0 Å². The van der Waals surface area contributed by atoms with Crippen LogP contribution in [0.1, 0.15) is 19.8 Å². The van der Waals surface area contributed by atoms with Crippen LogP contribution in [0.25, 0.3) is 0 Å². The Kier molecular flexibility index (Phi) is 3.92. The third-order valence-corrected chi connectivity index (χ3v) is 1.04. The van der Waals surface area contributed by atoms with Crippen molar-refractivity contribution in [3.05, 3.63) is 0 Å². The minimum atomic E-state index is -0.162. The molecule has 0 aliphatic carbocycles. The van der Waals surface area contributed by atoms with E-state index in [1.807, 2.05) is 13.0 Å². The molecule has 39 valence electrons. The average molecular weight is 114 g/mol. The smallest absolute Gasteiger partial charge is 0.102 e. The summed E-state index contributed by atoms with van der Waals surface area (Å²) in [5.41, 5.74) is 0. The van der Waals surface area contributed by atoms with Gasteiger partial charge in [-0.25, -0.2) is 0 Å². The lowest BCUT2D eigenvalue weighted by atomic mass is 10.3. The Morgan fingerprint density at radius 1 is 1.86 bits per heavy atom. The molecular formula is C5H8NS. The first-order valence-electron chi connectivity index (χ1n) is 2.36. The molecule has 0 amide bonds. The minimum absolute atomic E-state index is 0.162. The van der Waals surface area contributed by atoms with Crippen LogP contribution in [0.2, 0.25) is 0 Å². The van der Waals surface area contributed by atoms with E-state index in [4.69, 9.17) is 5.26 Å². The van der Waals surface area contributed by atoms with Crippen molar-refractivity contribution in [2.45, 2.75) is 25.0 Å². The van der Waals surface area contributed by atoms with Crippen molar-refractivity contribution in [2.75, 3.05) is 0 Å². The fourth-order valence-electron chi connectivity index (χ4n) is 0.327. The summed E-state index contributed by atoms with van der Waals surface area (Å²) in [4.78, 5) is 0. The third-order valence-electron chi connectivity index (χ3n) is 0.695. The lowest BCUT2D eigenvalue weighted by Gasteiger charge is -1.90. The Hall–Kier alpha value is -0.160. The molecule has 0 fully saturated rings. The van der Waals surface area contributed by atoms with Crippen molar-refractivity contribution < 1.29 is 0 Å². The van der Waals surface area contributed by atoms with Crippen LogP contribution < -0.4 is 0 Å². The summed E-state index contributed by atoms with van der Waals surface area (Å²) in [6.07, 6.45) is 1.87. The molecule has 0 aromatic rings. The number of nitrogens with zero attached hydrogens (tertiary/aromatic N) is 1. The normalized spacial score (nSPS) is 12.7. The van der Waals surface area contributed by atoms with Crippen LogP contribution in [0.5, 0.6) is 0 Å². The standard InChI is InChI=1S/C5H8NS/c1-2-3-5(7)4-6/h5H,2-3H2,1H3. The zero-order valence-corrected chi connectivity index (χ0v) is 5.16. The second kappa shape index (κ2) is 4.01. The van der Waals surface area contributed by atoms with Gasteiger partial charge in [-0.15, -0.1) is 0 Å². The average Bonchev–Trinajstić information content (AvgIpc) is 1.68. The van der Waals surface area contributed by atoms with Gasteiger partial charge in [0, 0.05) is 0 Å². The van der Waals surface area contributed by atoms with Gasteiger partial charge in [-0.3, -0.25) is 0 Å². The van der Waals surface area contributed by atoms with Crippen molar-refractivity contribution in [1.29, 1.82) is 5.26 Å². The first kappa shape index (κ1) is 6.84. The van der Waals surface area contributed by atoms with Gasteiger partial charge < -0.3 is 0 Å². The molecule has 0 N–H and O–H groups in total. The van der Waals surface area contributed by atoms with Gasteiger partial charge >= 0.3 is 0 Å². The van der Waals surface area contributed by atoms with Gasteiger partial charge in [-0.05, 0) is 6.42 Å². The monoisotopic (exact) mass is 114 g/mol. The van der Waals surface area contributed by atoms with Gasteiger partial charge in [-0.2, -0.15) is 5.26 Å². The van der Waals surface area contributed by atoms with Gasteiger partial charge in [0.15, 0.2) is 0 Å². The van der Waals surface area contributed by atoms with Gasteiger partial charge in [-0.1, -0.05) is 26.0 Å². The van der Waals surface area contributed by atoms with Crippen LogP contribution in [0.3, 0.4) is 0 Å². The molecule has 0 saturated heterocycles. The summed E-state index contributed by atoms with van der Waals surface area (Å²) >= 11 is 4.68. The maximum Gasteiger partial charge on any atom is 0.102 e. The van der Waals surface area contributed by atoms with E-state index >= 15 is 0 Å². The van der Waals surface area contributed by atoms with E-state index in [1.54, 1.807) is 0 Å². The molecule has 0 aromatic heterocycles. The number of nitriles is 1. The van der Waals surface area contributed by atoms with Gasteiger partial charge in [0.2, 0.25) is 0 Å². The van der Waals surface area contributed by atoms with Crippen LogP contribution in [0.15, 0.2) is 0 Å². The molecule has 7 heavy (non-hydrogen) atoms. The lowest BCUT2D eigenvalue weighted by Crippen LogP contribution is -1.89. The molecule has 1 radical (unpaired) electrons. The molecule has 0 aromatic carbocycles. The number of hydrogen-bond acceptors (Lipinski definition) is 1. The van der Waals surface area contributed by atoms with Crippen LogP contribution in [-0.2, 0) is 0 Å². The van der Waals surface area contributed by atoms with Crippen molar-refractivity contribution >= 4 is 12.6 Å². The molecule has 0 aliphatic heterocycles. The summed E-state index contributed by atoms with van der Waals surface area (Å²) in [6.45, 7) is 2.02. The van der Waals surface area contributed by atoms with Gasteiger partial charge in [0.25, 0.3) is 0 Å². The topological polar surface area (TPSA) is 23.8 Å². The summed E-state index contributed by atoms with van der Waals surface area (Å²) in [7, 11) is 0. The molecule has 0 aliphatic rings. The second-order valence-electron chi connectivity index (χ2n) is 1.41. The molecule has 2 heteroatoms. The second-order valence-corrected chi connectivity index (χ2v) is 1.98. The Balaban J connectivity index is 3.04. The Bertz CT molecular complexity index is 74.6. The third kappa shape index (κ3) is 3.68. The zero-order chi connectivity index (χ0) is 5.70. The maximum atomic E-state index is 8.11. The molecular weight excluding hydrogens is 106 g/mol. The number of rotatable bonds is 2. The minimum Gasteiger partial charge on any atom is -0.197 e. The fraction of sp³-hybridized carbons (Fsp3) is 0.800. The van der Waals surface area contributed by atoms with E-state index in [9.17, 15) is 0 Å². The fourth-order valence-corrected chi connectivity index (χ4v) is 0.562. The zero-order valence-electron chi connectivity index (χ0n) is 4.35. The Morgan fingerprint density at radius 2 is 2.43 bits per heavy atom. The predicted molar refractivity (Wildman–Crippen MR) is 31.9 cm³/mol. The molecule has 1 atom stereocenters. The van der Waals surface area contributed by atoms with E-state index in [0.717, 1.165) is 12.8 Å². The Morgan fingerprint density at radius 3 is 2.57 bits per heavy atom. The molecule has 0 spiro atoms. The van der Waals surface area contributed by atoms with E-state index < -0.39 is 0 Å². The van der Waals surface area contributed by atoms with Crippen LogP contribution in [-0.4, -0.2) is 5.25 Å². The molecule has 1 nitrogen and oxygen atoms in total. The molecule has 0 saturated carbocycles. The lowest BCUT2D eigenvalue weighted by molar-refractivity contribution is 0.837. The summed E-state index contributed by atoms with van der Waals surface area (Å²) in [6, 6.07) is 1.98. The summed E-state index contributed by atoms with van der Waals surface area (Å²) < 4.78 is 0. The largest absolute Gasteiger partial charge is 0.197 e. The van der Waals surface area contributed by atoms with Crippen LogP contribution >= 0.6 is 12.6 Å². The summed E-state index contributed by atoms with van der Waals surface area (Å²) in [5, 5.41) is 7.95. The SMILES string of the molecule is CCCC([S])C#N. The van der Waals surface area contributed by atoms with E-state index in [2.05, 4.69) is 12.6 Å². The highest BCUT2D eigenvalue weighted by Crippen LogP contribution is 2.00. The molecule has 1 unspecified atom stereocenters. The predicted octanol–water partition coefficient (Wildman–Crippen LogP) is 1.88. The van der Waals surface area contributed by atoms with E-state index in [0.29, 0.717) is 0 Å². The molecule has 0 rings (SSSR count). The van der Waals surface area contributed by atoms with E-state index in [1.165, 1.54) is 0 Å². The van der Waals surface area contributed by atoms with Crippen molar-refractivity contribution in [3.8, 4) is 6.07 Å². The van der Waals surface area contributed by atoms with Crippen LogP contribution in [0.4, 0.5) is 0 Å². The highest BCUT2D eigenvalue weighted by Gasteiger charge is 1.95. The maximum absolute atomic E-state index is 8.11. The molecule has 0 bridgehead atoms. The first-order valence-corrected chi connectivity index (χ1v) is 2.83. The first-order chi connectivity index (χ1) is 3.31. The highest BCUT2D eigenvalue weighted by molar-refractivity contribution is 7.81. The highest BCUT2D eigenvalue weighted by atomic mass is 32.1. The van der Waals surface area contributed by atoms with Crippen molar-refractivity contribution in [2.24, 2.45) is 0 Å². The van der Waals surface area contributed by atoms with Crippen LogP contribution in [0, 0.1) is 11.3 Å². The number of hydrogen-bond donors (Lipinski definition) is 0. The quantitative estimate of drug-likeness (QED) is 0.537.